The van der Waals surface area contributed by atoms with Crippen molar-refractivity contribution in [2.45, 2.75) is 31.4 Å². The minimum absolute atomic E-state index is 0.288. The van der Waals surface area contributed by atoms with Crippen LogP contribution in [-0.4, -0.2) is 25.2 Å². The number of nitrogens with two attached hydrogens (primary N) is 1. The molecule has 1 saturated carbocycles. The summed E-state index contributed by atoms with van der Waals surface area (Å²) in [7, 11) is 1.75. The molecule has 1 aliphatic carbocycles. The first-order valence-corrected chi connectivity index (χ1v) is 5.96. The number of hydrogen-bond donors (Lipinski definition) is 2. The van der Waals surface area contributed by atoms with Crippen LogP contribution in [0.1, 0.15) is 19.3 Å². The highest BCUT2D eigenvalue weighted by molar-refractivity contribution is 5.92. The second-order valence-corrected chi connectivity index (χ2v) is 4.33. The van der Waals surface area contributed by atoms with Crippen molar-refractivity contribution < 1.29 is 4.74 Å². The average molecular weight is 233 g/mol. The Kier molecular flexibility index (Phi) is 3.98. The predicted molar refractivity (Wildman–Crippen MR) is 70.1 cm³/mol. The van der Waals surface area contributed by atoms with E-state index in [0.717, 1.165) is 24.9 Å². The van der Waals surface area contributed by atoms with E-state index in [4.69, 9.17) is 10.5 Å². The van der Waals surface area contributed by atoms with Crippen LogP contribution in [0.4, 0.5) is 5.69 Å². The summed E-state index contributed by atoms with van der Waals surface area (Å²) in [5.41, 5.74) is 6.84. The highest BCUT2D eigenvalue weighted by Gasteiger charge is 2.23. The van der Waals surface area contributed by atoms with Crippen molar-refractivity contribution in [3.8, 4) is 0 Å². The molecule has 0 spiro atoms. The van der Waals surface area contributed by atoms with Gasteiger partial charge in [-0.05, 0) is 31.4 Å². The highest BCUT2D eigenvalue weighted by Crippen LogP contribution is 2.24. The molecule has 1 fully saturated rings. The van der Waals surface area contributed by atoms with E-state index >= 15 is 0 Å². The van der Waals surface area contributed by atoms with Gasteiger partial charge in [-0.2, -0.15) is 0 Å². The maximum absolute atomic E-state index is 5.87. The Hall–Kier alpha value is -1.55. The largest absolute Gasteiger partial charge is 0.381 e. The zero-order valence-corrected chi connectivity index (χ0v) is 10.1. The van der Waals surface area contributed by atoms with Crippen molar-refractivity contribution in [1.29, 1.82) is 0 Å². The summed E-state index contributed by atoms with van der Waals surface area (Å²) in [5.74, 6) is 0.484. The summed E-state index contributed by atoms with van der Waals surface area (Å²) in [5, 5.41) is 3.09. The predicted octanol–water partition coefficient (Wildman–Crippen LogP) is 1.98. The van der Waals surface area contributed by atoms with E-state index in [1.165, 1.54) is 0 Å². The molecule has 1 aliphatic rings. The number of hydrogen-bond acceptors (Lipinski definition) is 2. The van der Waals surface area contributed by atoms with Crippen LogP contribution < -0.4 is 11.1 Å². The molecule has 2 atom stereocenters. The number of aliphatic imine (C=N–C) groups is 1. The fraction of sp³-hybridized carbons (Fsp3) is 0.462. The Bertz CT molecular complexity index is 378. The summed E-state index contributed by atoms with van der Waals surface area (Å²) < 4.78 is 5.31. The molecular formula is C13H19N3O. The second-order valence-electron chi connectivity index (χ2n) is 4.33. The lowest BCUT2D eigenvalue weighted by Crippen LogP contribution is -2.24. The van der Waals surface area contributed by atoms with Crippen LogP contribution >= 0.6 is 0 Å². The first-order valence-electron chi connectivity index (χ1n) is 5.96. The van der Waals surface area contributed by atoms with E-state index < -0.39 is 0 Å². The van der Waals surface area contributed by atoms with Crippen molar-refractivity contribution in [1.82, 2.24) is 0 Å². The summed E-state index contributed by atoms with van der Waals surface area (Å²) >= 11 is 0. The monoisotopic (exact) mass is 233 g/mol. The van der Waals surface area contributed by atoms with Crippen LogP contribution in [0, 0.1) is 0 Å². The minimum atomic E-state index is 0.288. The fourth-order valence-corrected chi connectivity index (χ4v) is 2.15. The van der Waals surface area contributed by atoms with Gasteiger partial charge in [0.15, 0.2) is 5.96 Å². The summed E-state index contributed by atoms with van der Waals surface area (Å²) in [6, 6.07) is 10.1. The standard InChI is InChI=1S/C13H19N3O/c1-17-12-8-7-11(9-12)16-13(14)15-10-5-3-2-4-6-10/h2-6,11-12H,7-9H2,1H3,(H3,14,15,16). The molecular weight excluding hydrogens is 214 g/mol. The summed E-state index contributed by atoms with van der Waals surface area (Å²) in [6.07, 6.45) is 3.43. The van der Waals surface area contributed by atoms with Gasteiger partial charge in [-0.3, -0.25) is 0 Å². The third-order valence-corrected chi connectivity index (χ3v) is 3.06. The number of guanidine groups is 1. The number of ether oxygens (including phenoxy) is 1. The quantitative estimate of drug-likeness (QED) is 0.620. The van der Waals surface area contributed by atoms with Gasteiger partial charge in [0, 0.05) is 12.8 Å². The third kappa shape index (κ3) is 3.46. The molecule has 0 radical (unpaired) electrons. The number of benzene rings is 1. The number of para-hydroxylation sites is 1. The van der Waals surface area contributed by atoms with Gasteiger partial charge in [-0.25, -0.2) is 4.99 Å². The smallest absolute Gasteiger partial charge is 0.193 e. The average Bonchev–Trinajstić information content (AvgIpc) is 2.78. The van der Waals surface area contributed by atoms with Gasteiger partial charge >= 0.3 is 0 Å². The Labute approximate surface area is 102 Å². The molecule has 0 aliphatic heterocycles. The zero-order chi connectivity index (χ0) is 12.1. The van der Waals surface area contributed by atoms with Crippen LogP contribution in [0.5, 0.6) is 0 Å². The molecule has 0 saturated heterocycles. The Morgan fingerprint density at radius 3 is 2.76 bits per heavy atom. The maximum atomic E-state index is 5.87. The summed E-state index contributed by atoms with van der Waals surface area (Å²) in [6.45, 7) is 0. The molecule has 1 aromatic rings. The fourth-order valence-electron chi connectivity index (χ4n) is 2.15. The zero-order valence-electron chi connectivity index (χ0n) is 10.1. The summed E-state index contributed by atoms with van der Waals surface area (Å²) in [4.78, 5) is 4.47. The number of nitrogens with zero attached hydrogens (tertiary/aromatic N) is 1. The van der Waals surface area contributed by atoms with E-state index in [1.807, 2.05) is 30.3 Å². The molecule has 4 nitrogen and oxygen atoms in total. The van der Waals surface area contributed by atoms with Crippen molar-refractivity contribution in [3.05, 3.63) is 30.3 Å². The van der Waals surface area contributed by atoms with Crippen LogP contribution in [-0.2, 0) is 4.74 Å². The molecule has 1 aromatic carbocycles. The third-order valence-electron chi connectivity index (χ3n) is 3.06. The van der Waals surface area contributed by atoms with E-state index in [9.17, 15) is 0 Å². The molecule has 0 heterocycles. The van der Waals surface area contributed by atoms with Gasteiger partial charge < -0.3 is 15.8 Å². The number of nitrogens with one attached hydrogen (secondary N) is 1. The SMILES string of the molecule is COC1CCC(N=C(N)Nc2ccccc2)C1. The van der Waals surface area contributed by atoms with Gasteiger partial charge in [-0.1, -0.05) is 18.2 Å². The van der Waals surface area contributed by atoms with Crippen molar-refractivity contribution in [3.63, 3.8) is 0 Å². The van der Waals surface area contributed by atoms with Gasteiger partial charge in [0.25, 0.3) is 0 Å². The molecule has 92 valence electrons. The Morgan fingerprint density at radius 1 is 1.35 bits per heavy atom. The van der Waals surface area contributed by atoms with Gasteiger partial charge in [0.2, 0.25) is 0 Å². The molecule has 0 aromatic heterocycles. The lowest BCUT2D eigenvalue weighted by Gasteiger charge is -2.09. The van der Waals surface area contributed by atoms with E-state index in [0.29, 0.717) is 12.1 Å². The van der Waals surface area contributed by atoms with E-state index in [1.54, 1.807) is 7.11 Å². The molecule has 17 heavy (non-hydrogen) atoms. The van der Waals surface area contributed by atoms with Crippen LogP contribution in [0.15, 0.2) is 35.3 Å². The Morgan fingerprint density at radius 2 is 2.12 bits per heavy atom. The van der Waals surface area contributed by atoms with Crippen LogP contribution in [0.2, 0.25) is 0 Å². The molecule has 2 rings (SSSR count). The number of methoxy groups -OCH3 is 1. The molecule has 0 amide bonds. The first kappa shape index (κ1) is 11.9. The lowest BCUT2D eigenvalue weighted by atomic mass is 10.2. The molecule has 3 N–H and O–H groups in total. The second kappa shape index (κ2) is 5.68. The van der Waals surface area contributed by atoms with Crippen molar-refractivity contribution in [2.75, 3.05) is 12.4 Å². The van der Waals surface area contributed by atoms with Crippen molar-refractivity contribution in [2.24, 2.45) is 10.7 Å². The van der Waals surface area contributed by atoms with Crippen LogP contribution in [0.25, 0.3) is 0 Å². The van der Waals surface area contributed by atoms with Crippen molar-refractivity contribution >= 4 is 11.6 Å². The normalized spacial score (nSPS) is 24.9. The Balaban J connectivity index is 1.90. The molecule has 0 bridgehead atoms. The molecule has 4 heteroatoms. The highest BCUT2D eigenvalue weighted by atomic mass is 16.5. The first-order chi connectivity index (χ1) is 8.28. The van der Waals surface area contributed by atoms with E-state index in [-0.39, 0.29) is 6.04 Å². The van der Waals surface area contributed by atoms with Crippen LogP contribution in [0.3, 0.4) is 0 Å². The topological polar surface area (TPSA) is 59.6 Å². The lowest BCUT2D eigenvalue weighted by molar-refractivity contribution is 0.108. The number of rotatable bonds is 3. The minimum Gasteiger partial charge on any atom is -0.381 e. The van der Waals surface area contributed by atoms with Gasteiger partial charge in [0.1, 0.15) is 0 Å². The van der Waals surface area contributed by atoms with Gasteiger partial charge in [0.05, 0.1) is 12.1 Å². The number of anilines is 1. The van der Waals surface area contributed by atoms with E-state index in [2.05, 4.69) is 10.3 Å². The van der Waals surface area contributed by atoms with Gasteiger partial charge in [-0.15, -0.1) is 0 Å². The molecule has 2 unspecified atom stereocenters. The maximum Gasteiger partial charge on any atom is 0.193 e.